The normalized spacial score (nSPS) is 13.3. The largest absolute Gasteiger partial charge is 0.436 e. The Morgan fingerprint density at radius 1 is 1.26 bits per heavy atom. The second-order valence-corrected chi connectivity index (χ2v) is 7.59. The molecule has 0 bridgehead atoms. The van der Waals surface area contributed by atoms with Gasteiger partial charge in [-0.25, -0.2) is 15.0 Å². The van der Waals surface area contributed by atoms with Gasteiger partial charge < -0.3 is 15.1 Å². The molecule has 31 heavy (non-hydrogen) atoms. The van der Waals surface area contributed by atoms with Crippen molar-refractivity contribution in [3.8, 4) is 17.5 Å². The molecule has 0 atom stereocenters. The minimum atomic E-state index is 0.000271. The predicted molar refractivity (Wildman–Crippen MR) is 117 cm³/mol. The highest BCUT2D eigenvalue weighted by molar-refractivity contribution is 6.03. The van der Waals surface area contributed by atoms with Gasteiger partial charge in [-0.2, -0.15) is 5.26 Å². The zero-order chi connectivity index (χ0) is 21.4. The van der Waals surface area contributed by atoms with Crippen molar-refractivity contribution in [2.75, 3.05) is 17.7 Å². The highest BCUT2D eigenvalue weighted by Gasteiger charge is 2.30. The molecule has 1 aromatic carbocycles. The average Bonchev–Trinajstić information content (AvgIpc) is 3.55. The zero-order valence-electron chi connectivity index (χ0n) is 17.0. The summed E-state index contributed by atoms with van der Waals surface area (Å²) in [5, 5.41) is 16.5. The molecule has 1 amide bonds. The van der Waals surface area contributed by atoms with Crippen LogP contribution in [-0.2, 0) is 11.2 Å². The Hall–Kier alpha value is -3.99. The van der Waals surface area contributed by atoms with Crippen molar-refractivity contribution in [1.29, 1.82) is 5.26 Å². The summed E-state index contributed by atoms with van der Waals surface area (Å²) in [6, 6.07) is 9.75. The van der Waals surface area contributed by atoms with Gasteiger partial charge in [-0.1, -0.05) is 12.1 Å². The summed E-state index contributed by atoms with van der Waals surface area (Å²) in [6.45, 7) is 0. The van der Waals surface area contributed by atoms with E-state index < -0.39 is 0 Å². The van der Waals surface area contributed by atoms with Crippen molar-refractivity contribution in [3.05, 3.63) is 42.2 Å². The summed E-state index contributed by atoms with van der Waals surface area (Å²) in [7, 11) is 1.80. The van der Waals surface area contributed by atoms with E-state index in [1.165, 1.54) is 0 Å². The van der Waals surface area contributed by atoms with Crippen LogP contribution >= 0.6 is 0 Å². The lowest BCUT2D eigenvalue weighted by Crippen LogP contribution is -2.14. The first kappa shape index (κ1) is 19.0. The number of aromatic nitrogens is 3. The highest BCUT2D eigenvalue weighted by Crippen LogP contribution is 2.35. The van der Waals surface area contributed by atoms with E-state index in [1.54, 1.807) is 19.4 Å². The maximum Gasteiger partial charge on any atom is 0.229 e. The van der Waals surface area contributed by atoms with E-state index in [-0.39, 0.29) is 11.8 Å². The van der Waals surface area contributed by atoms with Crippen molar-refractivity contribution in [2.45, 2.75) is 25.7 Å². The standard InChI is InChI=1S/C23H20N6O2/c1-25-21-16-11-26-19(29-22(30)14-7-8-14)10-15(16)17(12-27-21)23-28-18-6-2-4-13(5-3-9-24)20(18)31-23/h2,4,6,10-12,14H,3,5,7-8H2,1H3,(H,25,27)(H,26,29,30). The van der Waals surface area contributed by atoms with Gasteiger partial charge in [0.05, 0.1) is 11.6 Å². The molecule has 8 heteroatoms. The van der Waals surface area contributed by atoms with Gasteiger partial charge in [0.2, 0.25) is 11.8 Å². The summed E-state index contributed by atoms with van der Waals surface area (Å²) in [4.78, 5) is 25.8. The molecule has 0 aliphatic heterocycles. The number of nitrogens with one attached hydrogen (secondary N) is 2. The molecule has 5 rings (SSSR count). The second kappa shape index (κ2) is 7.69. The average molecular weight is 412 g/mol. The second-order valence-electron chi connectivity index (χ2n) is 7.59. The van der Waals surface area contributed by atoms with Gasteiger partial charge in [0.15, 0.2) is 5.58 Å². The van der Waals surface area contributed by atoms with Crippen LogP contribution in [-0.4, -0.2) is 27.9 Å². The molecule has 4 aromatic rings. The molecule has 0 saturated heterocycles. The third-order valence-electron chi connectivity index (χ3n) is 5.44. The lowest BCUT2D eigenvalue weighted by atomic mass is 10.1. The van der Waals surface area contributed by atoms with Gasteiger partial charge in [-0.3, -0.25) is 4.79 Å². The lowest BCUT2D eigenvalue weighted by Gasteiger charge is -2.10. The van der Waals surface area contributed by atoms with Crippen LogP contribution in [0.1, 0.15) is 24.8 Å². The van der Waals surface area contributed by atoms with Crippen molar-refractivity contribution in [3.63, 3.8) is 0 Å². The molecule has 0 radical (unpaired) electrons. The van der Waals surface area contributed by atoms with E-state index in [9.17, 15) is 4.79 Å². The van der Waals surface area contributed by atoms with E-state index in [0.29, 0.717) is 41.5 Å². The molecular weight excluding hydrogens is 392 g/mol. The van der Waals surface area contributed by atoms with Crippen LogP contribution in [0, 0.1) is 17.2 Å². The number of pyridine rings is 2. The van der Waals surface area contributed by atoms with Gasteiger partial charge in [0.1, 0.15) is 17.2 Å². The Morgan fingerprint density at radius 3 is 2.90 bits per heavy atom. The van der Waals surface area contributed by atoms with Crippen LogP contribution < -0.4 is 10.6 Å². The Morgan fingerprint density at radius 2 is 2.13 bits per heavy atom. The fraction of sp³-hybridized carbons (Fsp3) is 0.261. The number of rotatable bonds is 6. The highest BCUT2D eigenvalue weighted by atomic mass is 16.3. The van der Waals surface area contributed by atoms with Crippen LogP contribution in [0.3, 0.4) is 0 Å². The maximum atomic E-state index is 12.2. The molecule has 154 valence electrons. The number of carbonyl (C=O) groups is 1. The van der Waals surface area contributed by atoms with E-state index >= 15 is 0 Å². The number of fused-ring (bicyclic) bond motifs is 2. The first-order valence-corrected chi connectivity index (χ1v) is 10.2. The van der Waals surface area contributed by atoms with Crippen LogP contribution in [0.15, 0.2) is 41.1 Å². The van der Waals surface area contributed by atoms with Crippen molar-refractivity contribution in [2.24, 2.45) is 5.92 Å². The summed E-state index contributed by atoms with van der Waals surface area (Å²) >= 11 is 0. The molecule has 1 aliphatic carbocycles. The molecule has 2 N–H and O–H groups in total. The summed E-state index contributed by atoms with van der Waals surface area (Å²) < 4.78 is 6.14. The Balaban J connectivity index is 1.63. The number of amides is 1. The molecule has 3 aromatic heterocycles. The number of hydrogen-bond donors (Lipinski definition) is 2. The number of anilines is 2. The number of carbonyl (C=O) groups excluding carboxylic acids is 1. The Kier molecular flexibility index (Phi) is 4.71. The van der Waals surface area contributed by atoms with Gasteiger partial charge in [-0.15, -0.1) is 0 Å². The van der Waals surface area contributed by atoms with Gasteiger partial charge in [0.25, 0.3) is 0 Å². The topological polar surface area (TPSA) is 117 Å². The summed E-state index contributed by atoms with van der Waals surface area (Å²) in [6.07, 6.45) is 6.26. The fourth-order valence-electron chi connectivity index (χ4n) is 3.66. The molecule has 3 heterocycles. The quantitative estimate of drug-likeness (QED) is 0.485. The van der Waals surface area contributed by atoms with Crippen molar-refractivity contribution < 1.29 is 9.21 Å². The molecule has 1 saturated carbocycles. The number of para-hydroxylation sites is 1. The fourth-order valence-corrected chi connectivity index (χ4v) is 3.66. The third-order valence-corrected chi connectivity index (χ3v) is 5.44. The van der Waals surface area contributed by atoms with E-state index in [1.807, 2.05) is 24.3 Å². The van der Waals surface area contributed by atoms with E-state index in [4.69, 9.17) is 9.68 Å². The van der Waals surface area contributed by atoms with Gasteiger partial charge >= 0.3 is 0 Å². The van der Waals surface area contributed by atoms with Crippen molar-refractivity contribution >= 4 is 39.4 Å². The van der Waals surface area contributed by atoms with Gasteiger partial charge in [0, 0.05) is 42.6 Å². The van der Waals surface area contributed by atoms with Crippen LogP contribution in [0.4, 0.5) is 11.6 Å². The molecule has 1 aliphatic rings. The molecule has 0 unspecified atom stereocenters. The smallest absolute Gasteiger partial charge is 0.229 e. The SMILES string of the molecule is CNc1ncc(-c2nc3cccc(CCC#N)c3o2)c2cc(NC(=O)C3CC3)ncc12. The number of aryl methyl sites for hydroxylation is 1. The Bertz CT molecular complexity index is 1350. The number of oxazole rings is 1. The minimum Gasteiger partial charge on any atom is -0.436 e. The first-order chi connectivity index (χ1) is 15.2. The van der Waals surface area contributed by atoms with Crippen LogP contribution in [0.5, 0.6) is 0 Å². The first-order valence-electron chi connectivity index (χ1n) is 10.2. The maximum absolute atomic E-state index is 12.2. The third kappa shape index (κ3) is 3.55. The minimum absolute atomic E-state index is 0.000271. The molecular formula is C23H20N6O2. The summed E-state index contributed by atoms with van der Waals surface area (Å²) in [5.74, 6) is 1.69. The number of nitriles is 1. The Labute approximate surface area is 178 Å². The number of hydrogen-bond acceptors (Lipinski definition) is 7. The number of benzene rings is 1. The zero-order valence-corrected chi connectivity index (χ0v) is 17.0. The molecule has 8 nitrogen and oxygen atoms in total. The predicted octanol–water partition coefficient (Wildman–Crippen LogP) is 4.28. The summed E-state index contributed by atoms with van der Waals surface area (Å²) in [5.41, 5.74) is 3.06. The monoisotopic (exact) mass is 412 g/mol. The molecule has 0 spiro atoms. The molecule has 1 fully saturated rings. The van der Waals surface area contributed by atoms with E-state index in [2.05, 4.69) is 31.7 Å². The van der Waals surface area contributed by atoms with Gasteiger partial charge in [-0.05, 0) is 37.0 Å². The van der Waals surface area contributed by atoms with Crippen LogP contribution in [0.25, 0.3) is 33.3 Å². The van der Waals surface area contributed by atoms with Crippen LogP contribution in [0.2, 0.25) is 0 Å². The number of nitrogens with zero attached hydrogens (tertiary/aromatic N) is 4. The lowest BCUT2D eigenvalue weighted by molar-refractivity contribution is -0.117. The van der Waals surface area contributed by atoms with Crippen molar-refractivity contribution in [1.82, 2.24) is 15.0 Å². The van der Waals surface area contributed by atoms with E-state index in [0.717, 1.165) is 34.7 Å².